The molecule has 13 heavy (non-hydrogen) atoms. The van der Waals surface area contributed by atoms with Gasteiger partial charge in [-0.3, -0.25) is 10.1 Å². The minimum Gasteiger partial charge on any atom is -0.376 e. The topological polar surface area (TPSA) is 59.3 Å². The summed E-state index contributed by atoms with van der Waals surface area (Å²) in [6, 6.07) is 1.38. The highest BCUT2D eigenvalue weighted by Gasteiger charge is 2.14. The van der Waals surface area contributed by atoms with E-state index in [1.165, 1.54) is 12.3 Å². The summed E-state index contributed by atoms with van der Waals surface area (Å²) in [7, 11) is 3.54. The van der Waals surface area contributed by atoms with Crippen molar-refractivity contribution in [2.45, 2.75) is 0 Å². The Balaban J connectivity index is 3.19. The molecule has 1 heterocycles. The van der Waals surface area contributed by atoms with E-state index in [-0.39, 0.29) is 10.8 Å². The van der Waals surface area contributed by atoms with Gasteiger partial charge in [0, 0.05) is 20.2 Å². The van der Waals surface area contributed by atoms with Crippen LogP contribution in [-0.2, 0) is 0 Å². The number of hydrogen-bond donors (Lipinski definition) is 0. The molecule has 6 heteroatoms. The largest absolute Gasteiger partial charge is 0.376 e. The maximum Gasteiger partial charge on any atom is 0.308 e. The number of halogens is 1. The zero-order valence-electron chi connectivity index (χ0n) is 7.19. The van der Waals surface area contributed by atoms with Gasteiger partial charge in [0.05, 0.1) is 16.8 Å². The average molecular weight is 202 g/mol. The third-order valence-electron chi connectivity index (χ3n) is 1.52. The van der Waals surface area contributed by atoms with Crippen LogP contribution >= 0.6 is 11.6 Å². The summed E-state index contributed by atoms with van der Waals surface area (Å²) in [6.07, 6.45) is 1.48. The van der Waals surface area contributed by atoms with Gasteiger partial charge in [-0.2, -0.15) is 0 Å². The van der Waals surface area contributed by atoms with E-state index >= 15 is 0 Å². The molecule has 0 aromatic carbocycles. The molecule has 0 radical (unpaired) electrons. The van der Waals surface area contributed by atoms with Crippen molar-refractivity contribution < 1.29 is 4.92 Å². The van der Waals surface area contributed by atoms with Crippen molar-refractivity contribution in [3.63, 3.8) is 0 Å². The summed E-state index contributed by atoms with van der Waals surface area (Å²) in [4.78, 5) is 15.3. The van der Waals surface area contributed by atoms with Gasteiger partial charge in [-0.25, -0.2) is 4.98 Å². The molecule has 70 valence electrons. The van der Waals surface area contributed by atoms with Gasteiger partial charge < -0.3 is 4.90 Å². The highest BCUT2D eigenvalue weighted by atomic mass is 35.5. The van der Waals surface area contributed by atoms with Crippen LogP contribution in [0.3, 0.4) is 0 Å². The maximum absolute atomic E-state index is 10.5. The molecule has 0 aliphatic rings. The first-order valence-corrected chi connectivity index (χ1v) is 3.87. The lowest BCUT2D eigenvalue weighted by Crippen LogP contribution is -2.09. The third-order valence-corrected chi connectivity index (χ3v) is 1.81. The second kappa shape index (κ2) is 3.57. The van der Waals surface area contributed by atoms with Crippen molar-refractivity contribution in [3.05, 3.63) is 27.5 Å². The first-order valence-electron chi connectivity index (χ1n) is 3.49. The minimum atomic E-state index is -0.553. The lowest BCUT2D eigenvalue weighted by molar-refractivity contribution is -0.385. The SMILES string of the molecule is CN(C)c1cnc(Cl)c([N+](=O)[O-])c1. The molecule has 0 spiro atoms. The summed E-state index contributed by atoms with van der Waals surface area (Å²) < 4.78 is 0. The van der Waals surface area contributed by atoms with Gasteiger partial charge in [-0.1, -0.05) is 11.6 Å². The Morgan fingerprint density at radius 2 is 2.23 bits per heavy atom. The van der Waals surface area contributed by atoms with Crippen molar-refractivity contribution in [2.75, 3.05) is 19.0 Å². The molecule has 0 saturated carbocycles. The third kappa shape index (κ3) is 2.06. The van der Waals surface area contributed by atoms with Crippen molar-refractivity contribution in [1.82, 2.24) is 4.98 Å². The summed E-state index contributed by atoms with van der Waals surface area (Å²) >= 11 is 5.52. The normalized spacial score (nSPS) is 9.77. The summed E-state index contributed by atoms with van der Waals surface area (Å²) in [5, 5.41) is 10.4. The fourth-order valence-electron chi connectivity index (χ4n) is 0.798. The molecule has 5 nitrogen and oxygen atoms in total. The Kier molecular flexibility index (Phi) is 2.67. The fraction of sp³-hybridized carbons (Fsp3) is 0.286. The summed E-state index contributed by atoms with van der Waals surface area (Å²) in [6.45, 7) is 0. The number of pyridine rings is 1. The number of aromatic nitrogens is 1. The van der Waals surface area contributed by atoms with E-state index in [1.807, 2.05) is 0 Å². The maximum atomic E-state index is 10.5. The number of rotatable bonds is 2. The van der Waals surface area contributed by atoms with E-state index < -0.39 is 4.92 Å². The molecule has 0 unspecified atom stereocenters. The van der Waals surface area contributed by atoms with Gasteiger partial charge in [0.2, 0.25) is 5.15 Å². The molecule has 1 aromatic rings. The van der Waals surface area contributed by atoms with Crippen LogP contribution < -0.4 is 4.90 Å². The fourth-order valence-corrected chi connectivity index (χ4v) is 0.971. The van der Waals surface area contributed by atoms with Crippen LogP contribution in [0.1, 0.15) is 0 Å². The van der Waals surface area contributed by atoms with Gasteiger partial charge >= 0.3 is 5.69 Å². The number of anilines is 1. The monoisotopic (exact) mass is 201 g/mol. The number of nitro groups is 1. The molecule has 0 aliphatic carbocycles. The first kappa shape index (κ1) is 9.73. The molecule has 0 aliphatic heterocycles. The Bertz CT molecular complexity index is 341. The van der Waals surface area contributed by atoms with E-state index in [0.29, 0.717) is 5.69 Å². The molecule has 0 N–H and O–H groups in total. The quantitative estimate of drug-likeness (QED) is 0.415. The van der Waals surface area contributed by atoms with Crippen LogP contribution in [0.25, 0.3) is 0 Å². The number of nitrogens with zero attached hydrogens (tertiary/aromatic N) is 3. The summed E-state index contributed by atoms with van der Waals surface area (Å²) in [5.41, 5.74) is 0.476. The van der Waals surface area contributed by atoms with Crippen LogP contribution in [0, 0.1) is 10.1 Å². The van der Waals surface area contributed by atoms with E-state index in [0.717, 1.165) is 0 Å². The Labute approximate surface area is 80.1 Å². The number of hydrogen-bond acceptors (Lipinski definition) is 4. The van der Waals surface area contributed by atoms with Gasteiger partial charge in [-0.15, -0.1) is 0 Å². The lowest BCUT2D eigenvalue weighted by Gasteiger charge is -2.10. The molecular weight excluding hydrogens is 194 g/mol. The Morgan fingerprint density at radius 1 is 1.62 bits per heavy atom. The molecule has 0 saturated heterocycles. The molecular formula is C7H8ClN3O2. The first-order chi connectivity index (χ1) is 6.02. The van der Waals surface area contributed by atoms with E-state index in [4.69, 9.17) is 11.6 Å². The smallest absolute Gasteiger partial charge is 0.308 e. The highest BCUT2D eigenvalue weighted by Crippen LogP contribution is 2.25. The minimum absolute atomic E-state index is 0.0874. The average Bonchev–Trinajstić information content (AvgIpc) is 2.04. The molecule has 0 fully saturated rings. The van der Waals surface area contributed by atoms with E-state index in [1.54, 1.807) is 19.0 Å². The van der Waals surface area contributed by atoms with Crippen molar-refractivity contribution in [2.24, 2.45) is 0 Å². The summed E-state index contributed by atoms with van der Waals surface area (Å²) in [5.74, 6) is 0. The molecule has 0 atom stereocenters. The molecule has 1 aromatic heterocycles. The zero-order chi connectivity index (χ0) is 10.0. The van der Waals surface area contributed by atoms with Gasteiger partial charge in [0.1, 0.15) is 0 Å². The van der Waals surface area contributed by atoms with Crippen molar-refractivity contribution in [1.29, 1.82) is 0 Å². The zero-order valence-corrected chi connectivity index (χ0v) is 7.95. The Hall–Kier alpha value is -1.36. The second-order valence-corrected chi connectivity index (χ2v) is 3.01. The van der Waals surface area contributed by atoms with E-state index in [2.05, 4.69) is 4.98 Å². The van der Waals surface area contributed by atoms with Crippen LogP contribution in [0.5, 0.6) is 0 Å². The second-order valence-electron chi connectivity index (χ2n) is 2.65. The predicted octanol–water partition coefficient (Wildman–Crippen LogP) is 1.71. The van der Waals surface area contributed by atoms with Gasteiger partial charge in [0.25, 0.3) is 0 Å². The van der Waals surface area contributed by atoms with Crippen LogP contribution in [0.4, 0.5) is 11.4 Å². The van der Waals surface area contributed by atoms with Crippen LogP contribution in [0.15, 0.2) is 12.3 Å². The van der Waals surface area contributed by atoms with E-state index in [9.17, 15) is 10.1 Å². The molecule has 1 rings (SSSR count). The predicted molar refractivity (Wildman–Crippen MR) is 50.2 cm³/mol. The van der Waals surface area contributed by atoms with Crippen molar-refractivity contribution >= 4 is 23.0 Å². The van der Waals surface area contributed by atoms with Crippen LogP contribution in [0.2, 0.25) is 5.15 Å². The van der Waals surface area contributed by atoms with Gasteiger partial charge in [0.15, 0.2) is 0 Å². The standard InChI is InChI=1S/C7H8ClN3O2/c1-10(2)5-3-6(11(12)13)7(8)9-4-5/h3-4H,1-2H3. The molecule has 0 amide bonds. The lowest BCUT2D eigenvalue weighted by atomic mass is 10.3. The van der Waals surface area contributed by atoms with Gasteiger partial charge in [-0.05, 0) is 0 Å². The van der Waals surface area contributed by atoms with Crippen LogP contribution in [-0.4, -0.2) is 24.0 Å². The molecule has 0 bridgehead atoms. The van der Waals surface area contributed by atoms with Crippen molar-refractivity contribution in [3.8, 4) is 0 Å². The Morgan fingerprint density at radius 3 is 2.69 bits per heavy atom. The highest BCUT2D eigenvalue weighted by molar-refractivity contribution is 6.31.